The van der Waals surface area contributed by atoms with Crippen LogP contribution < -0.4 is 20.1 Å². The minimum absolute atomic E-state index is 0.0221. The van der Waals surface area contributed by atoms with Gasteiger partial charge in [0.2, 0.25) is 0 Å². The van der Waals surface area contributed by atoms with Crippen LogP contribution in [0.25, 0.3) is 11.2 Å². The molecule has 16 heteroatoms. The van der Waals surface area contributed by atoms with Crippen LogP contribution in [0.1, 0.15) is 67.9 Å². The van der Waals surface area contributed by atoms with E-state index in [1.165, 1.54) is 6.33 Å². The summed E-state index contributed by atoms with van der Waals surface area (Å²) in [4.78, 5) is 48.9. The van der Waals surface area contributed by atoms with Crippen molar-refractivity contribution in [1.82, 2.24) is 24.8 Å². The molecule has 2 aromatic heterocycles. The minimum Gasteiger partial charge on any atom is -0.497 e. The van der Waals surface area contributed by atoms with Crippen molar-refractivity contribution >= 4 is 35.0 Å². The summed E-state index contributed by atoms with van der Waals surface area (Å²) in [6.45, 7) is 0.0221. The lowest BCUT2D eigenvalue weighted by molar-refractivity contribution is -0.153. The van der Waals surface area contributed by atoms with Crippen molar-refractivity contribution in [2.24, 2.45) is 0 Å². The standard InChI is InChI=1S/C42H46N6O10/c1-54-30-14-8-27(9-15-30)42(26-6-4-3-5-7-26,28-10-16-31(55-2)17-11-28)56-23-34-33(49)22-35(58-34)48-25-45-38-39(43-24-44-40(38)48)47-41(53)46-29-12-18-32(19-13-29)57-37(52)21-20-36(50)51/h3-11,14-17,24-25,29,32-35,49H,12-13,18-23H2,1-2H3,(H,50,51)(H2,43,44,46,47,53)/t29?,32?,33-,34+,35+/m0/s1. The summed E-state index contributed by atoms with van der Waals surface area (Å²) in [6, 6.07) is 24.6. The summed E-state index contributed by atoms with van der Waals surface area (Å²) in [6.07, 6.45) is 2.32. The predicted octanol–water partition coefficient (Wildman–Crippen LogP) is 5.34. The van der Waals surface area contributed by atoms with Gasteiger partial charge in [-0.05, 0) is 66.6 Å². The zero-order chi connectivity index (χ0) is 40.6. The SMILES string of the molecule is COc1ccc(C(OC[C@H]2O[C@@H](n3cnc4c(NC(=O)NC5CCC(OC(=O)CCC(=O)O)CC5)ncnc43)C[C@@H]2O)(c2ccccc2)c2ccc(OC)cc2)cc1. The van der Waals surface area contributed by atoms with Gasteiger partial charge in [0, 0.05) is 12.5 Å². The molecule has 1 saturated carbocycles. The van der Waals surface area contributed by atoms with Crippen LogP contribution in [0.15, 0.2) is 91.5 Å². The first-order valence-corrected chi connectivity index (χ1v) is 19.1. The van der Waals surface area contributed by atoms with Crippen molar-refractivity contribution < 1.29 is 48.3 Å². The molecule has 304 valence electrons. The van der Waals surface area contributed by atoms with E-state index >= 15 is 0 Å². The molecule has 0 bridgehead atoms. The largest absolute Gasteiger partial charge is 0.497 e. The van der Waals surface area contributed by atoms with Gasteiger partial charge in [0.25, 0.3) is 0 Å². The van der Waals surface area contributed by atoms with Crippen LogP contribution in [0.3, 0.4) is 0 Å². The zero-order valence-electron chi connectivity index (χ0n) is 32.2. The van der Waals surface area contributed by atoms with Crippen LogP contribution in [0.4, 0.5) is 10.6 Å². The minimum atomic E-state index is -1.10. The number of ether oxygens (including phenoxy) is 5. The molecule has 0 radical (unpaired) electrons. The number of carbonyl (C=O) groups excluding carboxylic acids is 2. The highest BCUT2D eigenvalue weighted by molar-refractivity contribution is 5.96. The number of methoxy groups -OCH3 is 2. The summed E-state index contributed by atoms with van der Waals surface area (Å²) in [5.41, 5.74) is 2.21. The van der Waals surface area contributed by atoms with Gasteiger partial charge in [0.05, 0.1) is 46.1 Å². The second-order valence-corrected chi connectivity index (χ2v) is 14.2. The lowest BCUT2D eigenvalue weighted by Gasteiger charge is -2.37. The number of anilines is 1. The smallest absolute Gasteiger partial charge is 0.320 e. The van der Waals surface area contributed by atoms with Crippen molar-refractivity contribution in [3.63, 3.8) is 0 Å². The summed E-state index contributed by atoms with van der Waals surface area (Å²) >= 11 is 0. The summed E-state index contributed by atoms with van der Waals surface area (Å²) in [5, 5.41) is 25.9. The first-order chi connectivity index (χ1) is 28.2. The molecule has 1 saturated heterocycles. The second kappa shape index (κ2) is 18.0. The van der Waals surface area contributed by atoms with E-state index in [4.69, 9.17) is 28.8 Å². The highest BCUT2D eigenvalue weighted by Gasteiger charge is 2.42. The summed E-state index contributed by atoms with van der Waals surface area (Å²) < 4.78 is 31.5. The molecule has 0 unspecified atom stereocenters. The van der Waals surface area contributed by atoms with Crippen LogP contribution in [0.2, 0.25) is 0 Å². The number of rotatable bonds is 15. The van der Waals surface area contributed by atoms with E-state index in [0.717, 1.165) is 16.7 Å². The second-order valence-electron chi connectivity index (χ2n) is 14.2. The molecule has 3 heterocycles. The third-order valence-electron chi connectivity index (χ3n) is 10.6. The highest BCUT2D eigenvalue weighted by Crippen LogP contribution is 2.43. The molecule has 1 aliphatic heterocycles. The molecule has 2 amide bonds. The van der Waals surface area contributed by atoms with E-state index in [-0.39, 0.29) is 43.8 Å². The molecule has 7 rings (SSSR count). The van der Waals surface area contributed by atoms with Gasteiger partial charge in [-0.2, -0.15) is 0 Å². The number of hydrogen-bond donors (Lipinski definition) is 4. The van der Waals surface area contributed by atoms with Gasteiger partial charge < -0.3 is 39.2 Å². The molecule has 2 aliphatic rings. The topological polar surface area (TPSA) is 205 Å². The van der Waals surface area contributed by atoms with Gasteiger partial charge in [-0.15, -0.1) is 0 Å². The number of aromatic nitrogens is 4. The van der Waals surface area contributed by atoms with Gasteiger partial charge >= 0.3 is 18.0 Å². The number of nitrogens with zero attached hydrogens (tertiary/aromatic N) is 4. The van der Waals surface area contributed by atoms with E-state index in [9.17, 15) is 19.5 Å². The van der Waals surface area contributed by atoms with Gasteiger partial charge in [-0.25, -0.2) is 19.7 Å². The molecule has 5 aromatic rings. The molecular formula is C42H46N6O10. The van der Waals surface area contributed by atoms with Gasteiger partial charge in [0.15, 0.2) is 17.0 Å². The number of aliphatic carboxylic acids is 1. The number of fused-ring (bicyclic) bond motifs is 1. The maximum absolute atomic E-state index is 13.1. The maximum atomic E-state index is 13.1. The molecule has 58 heavy (non-hydrogen) atoms. The van der Waals surface area contributed by atoms with Crippen molar-refractivity contribution in [2.75, 3.05) is 26.1 Å². The fourth-order valence-corrected chi connectivity index (χ4v) is 7.58. The van der Waals surface area contributed by atoms with E-state index in [1.807, 2.05) is 78.9 Å². The molecule has 1 aliphatic carbocycles. The Bertz CT molecular complexity index is 2130. The molecule has 3 aromatic carbocycles. The Morgan fingerprint density at radius 3 is 2.10 bits per heavy atom. The van der Waals surface area contributed by atoms with Crippen molar-refractivity contribution in [3.8, 4) is 11.5 Å². The summed E-state index contributed by atoms with van der Waals surface area (Å²) in [7, 11) is 3.23. The van der Waals surface area contributed by atoms with Gasteiger partial charge in [-0.3, -0.25) is 19.5 Å². The van der Waals surface area contributed by atoms with Crippen LogP contribution in [0, 0.1) is 0 Å². The number of carbonyl (C=O) groups is 3. The van der Waals surface area contributed by atoms with Crippen molar-refractivity contribution in [2.45, 2.75) is 81.1 Å². The maximum Gasteiger partial charge on any atom is 0.320 e. The number of aliphatic hydroxyl groups is 1. The average molecular weight is 795 g/mol. The number of esters is 1. The highest BCUT2D eigenvalue weighted by atomic mass is 16.6. The third-order valence-corrected chi connectivity index (χ3v) is 10.6. The molecular weight excluding hydrogens is 748 g/mol. The van der Waals surface area contributed by atoms with E-state index in [2.05, 4.69) is 25.6 Å². The number of carboxylic acids is 1. The number of hydrogen-bond acceptors (Lipinski definition) is 12. The Morgan fingerprint density at radius 2 is 1.48 bits per heavy atom. The number of imidazole rings is 1. The van der Waals surface area contributed by atoms with Crippen LogP contribution >= 0.6 is 0 Å². The Kier molecular flexibility index (Phi) is 12.5. The van der Waals surface area contributed by atoms with Gasteiger partial charge in [-0.1, -0.05) is 54.6 Å². The fourth-order valence-electron chi connectivity index (χ4n) is 7.58. The van der Waals surface area contributed by atoms with E-state index in [1.54, 1.807) is 25.1 Å². The van der Waals surface area contributed by atoms with E-state index < -0.39 is 42.0 Å². The van der Waals surface area contributed by atoms with Crippen LogP contribution in [-0.2, 0) is 29.4 Å². The zero-order valence-corrected chi connectivity index (χ0v) is 32.2. The first-order valence-electron chi connectivity index (χ1n) is 19.1. The van der Waals surface area contributed by atoms with Crippen LogP contribution in [-0.4, -0.2) is 92.9 Å². The Labute approximate surface area is 334 Å². The van der Waals surface area contributed by atoms with Crippen molar-refractivity contribution in [3.05, 3.63) is 108 Å². The quantitative estimate of drug-likeness (QED) is 0.0781. The summed E-state index contributed by atoms with van der Waals surface area (Å²) in [5.74, 6) is 0.00889. The first kappa shape index (κ1) is 40.1. The lowest BCUT2D eigenvalue weighted by atomic mass is 9.80. The Balaban J connectivity index is 1.03. The normalized spacial score (nSPS) is 20.6. The Morgan fingerprint density at radius 1 is 0.845 bits per heavy atom. The van der Waals surface area contributed by atoms with E-state index in [0.29, 0.717) is 48.3 Å². The Hall–Kier alpha value is -6.10. The number of urea groups is 1. The third kappa shape index (κ3) is 8.88. The number of nitrogens with one attached hydrogen (secondary N) is 2. The predicted molar refractivity (Wildman–Crippen MR) is 209 cm³/mol. The number of aliphatic hydroxyl groups excluding tert-OH is 1. The van der Waals surface area contributed by atoms with Crippen molar-refractivity contribution in [1.29, 1.82) is 0 Å². The number of carboxylic acid groups (broad SMARTS) is 1. The number of benzene rings is 3. The molecule has 16 nitrogen and oxygen atoms in total. The monoisotopic (exact) mass is 794 g/mol. The fraction of sp³-hybridized carbons (Fsp3) is 0.381. The van der Waals surface area contributed by atoms with Gasteiger partial charge in [0.1, 0.15) is 41.9 Å². The van der Waals surface area contributed by atoms with Crippen LogP contribution in [0.5, 0.6) is 11.5 Å². The number of amides is 2. The lowest BCUT2D eigenvalue weighted by Crippen LogP contribution is -2.41. The molecule has 4 N–H and O–H groups in total. The molecule has 3 atom stereocenters. The molecule has 2 fully saturated rings. The average Bonchev–Trinajstić information content (AvgIpc) is 3.85. The molecule has 0 spiro atoms.